The van der Waals surface area contributed by atoms with E-state index in [0.29, 0.717) is 19.4 Å². The Balaban J connectivity index is 2.01. The smallest absolute Gasteiger partial charge is 0.328 e. The largest absolute Gasteiger partial charge is 0.497 e. The second-order valence-corrected chi connectivity index (χ2v) is 5.14. The number of esters is 1. The lowest BCUT2D eigenvalue weighted by molar-refractivity contribution is -0.146. The third kappa shape index (κ3) is 4.21. The topological polar surface area (TPSA) is 73.9 Å². The Labute approximate surface area is 129 Å². The highest BCUT2D eigenvalue weighted by molar-refractivity contribution is 5.87. The Bertz CT molecular complexity index is 508. The molecule has 1 amide bonds. The van der Waals surface area contributed by atoms with Gasteiger partial charge in [0.2, 0.25) is 5.91 Å². The van der Waals surface area contributed by atoms with Crippen molar-refractivity contribution < 1.29 is 23.8 Å². The van der Waals surface area contributed by atoms with E-state index >= 15 is 0 Å². The van der Waals surface area contributed by atoms with Gasteiger partial charge in [0.1, 0.15) is 17.9 Å². The van der Waals surface area contributed by atoms with Crippen LogP contribution in [0.4, 0.5) is 0 Å². The Kier molecular flexibility index (Phi) is 5.77. The first kappa shape index (κ1) is 16.3. The van der Waals surface area contributed by atoms with Crippen molar-refractivity contribution in [2.24, 2.45) is 0 Å². The summed E-state index contributed by atoms with van der Waals surface area (Å²) in [5.41, 5.74) is 0.906. The van der Waals surface area contributed by atoms with Crippen LogP contribution >= 0.6 is 0 Å². The molecule has 1 saturated heterocycles. The van der Waals surface area contributed by atoms with Crippen molar-refractivity contribution >= 4 is 11.9 Å². The van der Waals surface area contributed by atoms with E-state index in [1.807, 2.05) is 24.3 Å². The zero-order valence-corrected chi connectivity index (χ0v) is 12.8. The molecule has 1 heterocycles. The van der Waals surface area contributed by atoms with Gasteiger partial charge >= 0.3 is 5.97 Å². The van der Waals surface area contributed by atoms with Gasteiger partial charge in [0, 0.05) is 13.0 Å². The molecule has 2 rings (SSSR count). The van der Waals surface area contributed by atoms with Crippen molar-refractivity contribution in [1.82, 2.24) is 5.32 Å². The van der Waals surface area contributed by atoms with Crippen LogP contribution in [0.15, 0.2) is 24.3 Å². The summed E-state index contributed by atoms with van der Waals surface area (Å²) in [6, 6.07) is 6.60. The summed E-state index contributed by atoms with van der Waals surface area (Å²) >= 11 is 0. The molecule has 0 saturated carbocycles. The van der Waals surface area contributed by atoms with Crippen molar-refractivity contribution in [3.63, 3.8) is 0 Å². The number of rotatable bonds is 6. The highest BCUT2D eigenvalue weighted by Crippen LogP contribution is 2.15. The van der Waals surface area contributed by atoms with E-state index in [1.165, 1.54) is 7.11 Å². The summed E-state index contributed by atoms with van der Waals surface area (Å²) in [6.45, 7) is 0.583. The number of benzene rings is 1. The Morgan fingerprint density at radius 2 is 2.05 bits per heavy atom. The number of carbonyl (C=O) groups excluding carboxylic acids is 2. The number of amides is 1. The molecule has 22 heavy (non-hydrogen) atoms. The maximum absolute atomic E-state index is 12.1. The molecule has 0 aromatic heterocycles. The van der Waals surface area contributed by atoms with Gasteiger partial charge in [-0.1, -0.05) is 12.1 Å². The Hall–Kier alpha value is -2.08. The van der Waals surface area contributed by atoms with Gasteiger partial charge in [-0.15, -0.1) is 0 Å². The number of nitrogens with one attached hydrogen (secondary N) is 1. The fourth-order valence-corrected chi connectivity index (χ4v) is 2.38. The molecule has 0 aliphatic carbocycles. The predicted molar refractivity (Wildman–Crippen MR) is 79.6 cm³/mol. The lowest BCUT2D eigenvalue weighted by Crippen LogP contribution is -2.47. The SMILES string of the molecule is COC(=O)[C@@H](Cc1ccc(OC)cc1)NC(=O)[C@H]1CCCO1. The van der Waals surface area contributed by atoms with E-state index in [-0.39, 0.29) is 5.91 Å². The normalized spacial score (nSPS) is 18.5. The van der Waals surface area contributed by atoms with Crippen LogP contribution in [-0.4, -0.2) is 44.8 Å². The third-order valence-electron chi connectivity index (χ3n) is 3.62. The first-order valence-electron chi connectivity index (χ1n) is 7.26. The molecule has 1 aromatic carbocycles. The molecule has 120 valence electrons. The average Bonchev–Trinajstić information content (AvgIpc) is 3.08. The van der Waals surface area contributed by atoms with Crippen LogP contribution in [0.2, 0.25) is 0 Å². The third-order valence-corrected chi connectivity index (χ3v) is 3.62. The molecule has 0 bridgehead atoms. The maximum atomic E-state index is 12.1. The van der Waals surface area contributed by atoms with Crippen LogP contribution in [0.3, 0.4) is 0 Å². The quantitative estimate of drug-likeness (QED) is 0.796. The minimum Gasteiger partial charge on any atom is -0.497 e. The first-order valence-corrected chi connectivity index (χ1v) is 7.26. The van der Waals surface area contributed by atoms with Crippen molar-refractivity contribution in [2.75, 3.05) is 20.8 Å². The fourth-order valence-electron chi connectivity index (χ4n) is 2.38. The molecular weight excluding hydrogens is 286 g/mol. The zero-order chi connectivity index (χ0) is 15.9. The van der Waals surface area contributed by atoms with E-state index in [2.05, 4.69) is 5.32 Å². The van der Waals surface area contributed by atoms with Crippen LogP contribution < -0.4 is 10.1 Å². The van der Waals surface area contributed by atoms with Gasteiger partial charge in [0.05, 0.1) is 14.2 Å². The monoisotopic (exact) mass is 307 g/mol. The molecule has 1 aliphatic heterocycles. The second kappa shape index (κ2) is 7.79. The average molecular weight is 307 g/mol. The number of carbonyl (C=O) groups is 2. The van der Waals surface area contributed by atoms with E-state index in [9.17, 15) is 9.59 Å². The molecule has 0 radical (unpaired) electrons. The van der Waals surface area contributed by atoms with Crippen LogP contribution in [0.25, 0.3) is 0 Å². The molecule has 1 aliphatic rings. The second-order valence-electron chi connectivity index (χ2n) is 5.14. The Morgan fingerprint density at radius 1 is 1.32 bits per heavy atom. The summed E-state index contributed by atoms with van der Waals surface area (Å²) in [5.74, 6) is 0.00494. The van der Waals surface area contributed by atoms with Gasteiger partial charge in [0.25, 0.3) is 0 Å². The van der Waals surface area contributed by atoms with Gasteiger partial charge in [-0.3, -0.25) is 4.79 Å². The number of hydrogen-bond acceptors (Lipinski definition) is 5. The number of methoxy groups -OCH3 is 2. The van der Waals surface area contributed by atoms with Crippen molar-refractivity contribution in [3.05, 3.63) is 29.8 Å². The number of ether oxygens (including phenoxy) is 3. The fraction of sp³-hybridized carbons (Fsp3) is 0.500. The molecule has 6 nitrogen and oxygen atoms in total. The summed E-state index contributed by atoms with van der Waals surface area (Å²) in [5, 5.41) is 2.72. The van der Waals surface area contributed by atoms with Crippen LogP contribution in [-0.2, 0) is 25.5 Å². The van der Waals surface area contributed by atoms with Gasteiger partial charge < -0.3 is 19.5 Å². The summed E-state index contributed by atoms with van der Waals surface area (Å²) in [4.78, 5) is 24.0. The minimum atomic E-state index is -0.727. The lowest BCUT2D eigenvalue weighted by Gasteiger charge is -2.19. The van der Waals surface area contributed by atoms with Crippen LogP contribution in [0.5, 0.6) is 5.75 Å². The van der Waals surface area contributed by atoms with Crippen molar-refractivity contribution in [3.8, 4) is 5.75 Å². The molecule has 1 aromatic rings. The molecular formula is C16H21NO5. The lowest BCUT2D eigenvalue weighted by atomic mass is 10.1. The predicted octanol–water partition coefficient (Wildman–Crippen LogP) is 1.07. The van der Waals surface area contributed by atoms with Crippen LogP contribution in [0.1, 0.15) is 18.4 Å². The van der Waals surface area contributed by atoms with E-state index in [4.69, 9.17) is 14.2 Å². The van der Waals surface area contributed by atoms with Gasteiger partial charge in [-0.25, -0.2) is 4.79 Å². The van der Waals surface area contributed by atoms with Gasteiger partial charge in [0.15, 0.2) is 0 Å². The highest BCUT2D eigenvalue weighted by Gasteiger charge is 2.28. The summed E-state index contributed by atoms with van der Waals surface area (Å²) in [7, 11) is 2.90. The molecule has 1 N–H and O–H groups in total. The van der Waals surface area contributed by atoms with Crippen molar-refractivity contribution in [2.45, 2.75) is 31.4 Å². The van der Waals surface area contributed by atoms with E-state index < -0.39 is 18.1 Å². The standard InChI is InChI=1S/C16H21NO5/c1-20-12-7-5-11(6-8-12)10-13(16(19)21-2)17-15(18)14-4-3-9-22-14/h5-8,13-14H,3-4,9-10H2,1-2H3,(H,17,18)/t13-,14-/m1/s1. The molecule has 2 atom stereocenters. The molecule has 1 fully saturated rings. The number of hydrogen-bond donors (Lipinski definition) is 1. The summed E-state index contributed by atoms with van der Waals surface area (Å²) < 4.78 is 15.2. The molecule has 6 heteroatoms. The van der Waals surface area contributed by atoms with Crippen molar-refractivity contribution in [1.29, 1.82) is 0 Å². The minimum absolute atomic E-state index is 0.263. The molecule has 0 spiro atoms. The Morgan fingerprint density at radius 3 is 2.59 bits per heavy atom. The van der Waals surface area contributed by atoms with Gasteiger partial charge in [-0.2, -0.15) is 0 Å². The highest BCUT2D eigenvalue weighted by atomic mass is 16.5. The van der Waals surface area contributed by atoms with E-state index in [1.54, 1.807) is 7.11 Å². The van der Waals surface area contributed by atoms with Crippen LogP contribution in [0, 0.1) is 0 Å². The zero-order valence-electron chi connectivity index (χ0n) is 12.8. The van der Waals surface area contributed by atoms with Gasteiger partial charge in [-0.05, 0) is 30.5 Å². The molecule has 0 unspecified atom stereocenters. The first-order chi connectivity index (χ1) is 10.6. The maximum Gasteiger partial charge on any atom is 0.328 e. The summed E-state index contributed by atoms with van der Waals surface area (Å²) in [6.07, 6.45) is 1.43. The van der Waals surface area contributed by atoms with E-state index in [0.717, 1.165) is 17.7 Å².